The summed E-state index contributed by atoms with van der Waals surface area (Å²) in [5.41, 5.74) is 2.84. The topological polar surface area (TPSA) is 77.6 Å². The average molecular weight is 404 g/mol. The molecular weight excluding hydrogens is 380 g/mol. The van der Waals surface area contributed by atoms with Crippen LogP contribution in [0.25, 0.3) is 16.6 Å². The Morgan fingerprint density at radius 1 is 1.17 bits per heavy atom. The van der Waals surface area contributed by atoms with Crippen molar-refractivity contribution >= 4 is 22.5 Å². The van der Waals surface area contributed by atoms with Gasteiger partial charge in [-0.25, -0.2) is 4.52 Å². The van der Waals surface area contributed by atoms with Crippen molar-refractivity contribution in [3.63, 3.8) is 0 Å². The molecule has 1 N–H and O–H groups in total. The molecule has 2 heterocycles. The zero-order valence-corrected chi connectivity index (χ0v) is 17.3. The second-order valence-corrected chi connectivity index (χ2v) is 7.23. The Labute approximate surface area is 173 Å². The van der Waals surface area contributed by atoms with Crippen LogP contribution in [0.2, 0.25) is 0 Å². The fourth-order valence-corrected chi connectivity index (χ4v) is 3.87. The number of hydrogen-bond donors (Lipinski definition) is 1. The molecule has 0 fully saturated rings. The van der Waals surface area contributed by atoms with E-state index in [-0.39, 0.29) is 11.5 Å². The maximum Gasteiger partial charge on any atom is 0.273 e. The predicted molar refractivity (Wildman–Crippen MR) is 116 cm³/mol. The number of carbonyl (C=O) groups is 1. The number of aryl methyl sites for hydroxylation is 1. The zero-order valence-electron chi connectivity index (χ0n) is 17.3. The Bertz CT molecular complexity index is 1290. The van der Waals surface area contributed by atoms with Crippen molar-refractivity contribution in [1.82, 2.24) is 19.5 Å². The molecule has 1 amide bonds. The van der Waals surface area contributed by atoms with Crippen LogP contribution >= 0.6 is 0 Å². The Kier molecular flexibility index (Phi) is 5.27. The quantitative estimate of drug-likeness (QED) is 0.535. The molecular formula is C23H24N4O3. The molecule has 0 saturated heterocycles. The van der Waals surface area contributed by atoms with Crippen LogP contribution in [-0.4, -0.2) is 27.2 Å². The fraction of sp³-hybridized carbons (Fsp3) is 0.261. The molecule has 7 heteroatoms. The van der Waals surface area contributed by atoms with Gasteiger partial charge in [-0.15, -0.1) is 0 Å². The van der Waals surface area contributed by atoms with Crippen LogP contribution in [0, 0.1) is 6.92 Å². The second-order valence-electron chi connectivity index (χ2n) is 7.23. The van der Waals surface area contributed by atoms with Crippen molar-refractivity contribution in [3.8, 4) is 5.75 Å². The minimum atomic E-state index is -0.457. The van der Waals surface area contributed by atoms with Gasteiger partial charge in [-0.3, -0.25) is 14.3 Å². The van der Waals surface area contributed by atoms with Gasteiger partial charge in [-0.1, -0.05) is 31.2 Å². The van der Waals surface area contributed by atoms with E-state index in [1.165, 1.54) is 6.07 Å². The van der Waals surface area contributed by atoms with Crippen LogP contribution in [0.4, 0.5) is 0 Å². The number of amides is 1. The lowest BCUT2D eigenvalue weighted by Crippen LogP contribution is -2.34. The van der Waals surface area contributed by atoms with Crippen LogP contribution < -0.4 is 15.6 Å². The molecule has 0 saturated carbocycles. The number of rotatable bonds is 6. The van der Waals surface area contributed by atoms with E-state index in [4.69, 9.17) is 4.74 Å². The molecule has 0 spiro atoms. The maximum atomic E-state index is 13.2. The summed E-state index contributed by atoms with van der Waals surface area (Å²) in [6, 6.07) is 16.4. The van der Waals surface area contributed by atoms with Gasteiger partial charge in [0.15, 0.2) is 5.65 Å². The molecule has 2 aromatic carbocycles. The third-order valence-electron chi connectivity index (χ3n) is 5.28. The first kappa shape index (κ1) is 19.7. The van der Waals surface area contributed by atoms with Gasteiger partial charge in [0, 0.05) is 23.7 Å². The number of benzene rings is 2. The van der Waals surface area contributed by atoms with Gasteiger partial charge in [-0.2, -0.15) is 4.98 Å². The van der Waals surface area contributed by atoms with E-state index >= 15 is 0 Å². The summed E-state index contributed by atoms with van der Waals surface area (Å²) in [7, 11) is 1.62. The Morgan fingerprint density at radius 2 is 1.97 bits per heavy atom. The molecule has 0 aliphatic carbocycles. The van der Waals surface area contributed by atoms with E-state index in [1.807, 2.05) is 71.6 Å². The van der Waals surface area contributed by atoms with E-state index in [0.717, 1.165) is 27.9 Å². The third-order valence-corrected chi connectivity index (χ3v) is 5.28. The van der Waals surface area contributed by atoms with Gasteiger partial charge >= 0.3 is 0 Å². The first-order valence-electron chi connectivity index (χ1n) is 9.93. The van der Waals surface area contributed by atoms with Gasteiger partial charge < -0.3 is 10.1 Å². The number of fused-ring (bicyclic) bond motifs is 3. The molecule has 1 atom stereocenters. The van der Waals surface area contributed by atoms with Crippen LogP contribution in [0.5, 0.6) is 5.75 Å². The number of ether oxygens (including phenoxy) is 1. The first-order valence-corrected chi connectivity index (χ1v) is 9.93. The molecule has 4 aromatic rings. The van der Waals surface area contributed by atoms with Crippen molar-refractivity contribution in [3.05, 3.63) is 76.2 Å². The standard InChI is InChI=1S/C23H24N4O3/c1-4-19(23(29)24-14-16-8-7-9-17(13-16)30-3)27-20-11-6-5-10-18(20)22-25-21(28)12-15(2)26(22)27/h5-13,19H,4,14H2,1-3H3,(H,24,29)/t19-/m0/s1. The van der Waals surface area contributed by atoms with Crippen molar-refractivity contribution < 1.29 is 9.53 Å². The van der Waals surface area contributed by atoms with E-state index in [1.54, 1.807) is 7.11 Å². The summed E-state index contributed by atoms with van der Waals surface area (Å²) in [5, 5.41) is 3.88. The highest BCUT2D eigenvalue weighted by Crippen LogP contribution is 2.26. The number of nitrogens with one attached hydrogen (secondary N) is 1. The highest BCUT2D eigenvalue weighted by Gasteiger charge is 2.24. The zero-order chi connectivity index (χ0) is 21.3. The van der Waals surface area contributed by atoms with Crippen molar-refractivity contribution in [2.24, 2.45) is 0 Å². The van der Waals surface area contributed by atoms with E-state index in [0.29, 0.717) is 18.6 Å². The minimum Gasteiger partial charge on any atom is -0.497 e. The van der Waals surface area contributed by atoms with Crippen LogP contribution in [0.3, 0.4) is 0 Å². The lowest BCUT2D eigenvalue weighted by atomic mass is 10.1. The number of aromatic nitrogens is 3. The Morgan fingerprint density at radius 3 is 2.73 bits per heavy atom. The Balaban J connectivity index is 1.75. The van der Waals surface area contributed by atoms with Gasteiger partial charge in [0.25, 0.3) is 5.56 Å². The van der Waals surface area contributed by atoms with Crippen molar-refractivity contribution in [2.45, 2.75) is 32.9 Å². The molecule has 154 valence electrons. The summed E-state index contributed by atoms with van der Waals surface area (Å²) in [4.78, 5) is 29.4. The van der Waals surface area contributed by atoms with Crippen LogP contribution in [-0.2, 0) is 11.3 Å². The van der Waals surface area contributed by atoms with E-state index in [9.17, 15) is 9.59 Å². The van der Waals surface area contributed by atoms with Gasteiger partial charge in [0.2, 0.25) is 5.91 Å². The molecule has 4 rings (SSSR count). The van der Waals surface area contributed by atoms with Gasteiger partial charge in [0.05, 0.1) is 12.6 Å². The first-order chi connectivity index (χ1) is 14.5. The molecule has 30 heavy (non-hydrogen) atoms. The molecule has 0 aliphatic rings. The number of carbonyl (C=O) groups excluding carboxylic acids is 1. The highest BCUT2D eigenvalue weighted by atomic mass is 16.5. The third kappa shape index (κ3) is 3.43. The molecule has 0 bridgehead atoms. The smallest absolute Gasteiger partial charge is 0.273 e. The van der Waals surface area contributed by atoms with Gasteiger partial charge in [0.1, 0.15) is 11.8 Å². The SMILES string of the molecule is CC[C@@H](C(=O)NCc1cccc(OC)c1)n1c2ccccc2c2nc(=O)cc(C)n21. The van der Waals surface area contributed by atoms with E-state index in [2.05, 4.69) is 10.3 Å². The fourth-order valence-electron chi connectivity index (χ4n) is 3.87. The van der Waals surface area contributed by atoms with Crippen LogP contribution in [0.15, 0.2) is 59.4 Å². The average Bonchev–Trinajstić information content (AvgIpc) is 3.08. The lowest BCUT2D eigenvalue weighted by Gasteiger charge is -2.20. The summed E-state index contributed by atoms with van der Waals surface area (Å²) in [5.74, 6) is 0.655. The van der Waals surface area contributed by atoms with E-state index < -0.39 is 6.04 Å². The largest absolute Gasteiger partial charge is 0.497 e. The van der Waals surface area contributed by atoms with Crippen molar-refractivity contribution in [1.29, 1.82) is 0 Å². The van der Waals surface area contributed by atoms with Crippen molar-refractivity contribution in [2.75, 3.05) is 7.11 Å². The molecule has 0 unspecified atom stereocenters. The molecule has 0 radical (unpaired) electrons. The highest BCUT2D eigenvalue weighted by molar-refractivity contribution is 5.94. The normalized spacial score (nSPS) is 12.2. The maximum absolute atomic E-state index is 13.2. The molecule has 7 nitrogen and oxygen atoms in total. The monoisotopic (exact) mass is 404 g/mol. The summed E-state index contributed by atoms with van der Waals surface area (Å²) in [6.45, 7) is 4.23. The number of nitrogens with zero attached hydrogens (tertiary/aromatic N) is 3. The predicted octanol–water partition coefficient (Wildman–Crippen LogP) is 3.23. The number of methoxy groups -OCH3 is 1. The number of hydrogen-bond acceptors (Lipinski definition) is 4. The molecule has 2 aromatic heterocycles. The van der Waals surface area contributed by atoms with Gasteiger partial charge in [-0.05, 0) is 43.2 Å². The summed E-state index contributed by atoms with van der Waals surface area (Å²) < 4.78 is 9.06. The molecule has 0 aliphatic heterocycles. The second kappa shape index (κ2) is 8.02. The lowest BCUT2D eigenvalue weighted by molar-refractivity contribution is -0.124. The van der Waals surface area contributed by atoms with Crippen LogP contribution in [0.1, 0.15) is 30.6 Å². The number of para-hydroxylation sites is 1. The summed E-state index contributed by atoms with van der Waals surface area (Å²) in [6.07, 6.45) is 0.587. The Hall–Kier alpha value is -3.61. The minimum absolute atomic E-state index is 0.0962. The summed E-state index contributed by atoms with van der Waals surface area (Å²) >= 11 is 0.